The SMILES string of the molecule is CC/C=C/C/C=C/C/C=C/C/C=C/C/C=C/C(CC(=O)NC(CO)C(O)CCCCCCCCCCCCCC)OC(=O)CCCCCCC/C=C\CCCC. The van der Waals surface area contributed by atoms with Crippen LogP contribution in [0.25, 0.3) is 0 Å². The molecular formula is C50H87NO5. The number of esters is 1. The lowest BCUT2D eigenvalue weighted by Gasteiger charge is -2.23. The van der Waals surface area contributed by atoms with E-state index >= 15 is 0 Å². The average molecular weight is 782 g/mol. The third-order valence-corrected chi connectivity index (χ3v) is 10.0. The van der Waals surface area contributed by atoms with Gasteiger partial charge in [-0.2, -0.15) is 0 Å². The Morgan fingerprint density at radius 1 is 0.554 bits per heavy atom. The zero-order chi connectivity index (χ0) is 41.0. The molecule has 322 valence electrons. The third kappa shape index (κ3) is 38.2. The molecule has 3 atom stereocenters. The first-order valence-corrected chi connectivity index (χ1v) is 23.2. The van der Waals surface area contributed by atoms with Gasteiger partial charge in [-0.1, -0.05) is 197 Å². The Labute approximate surface area is 345 Å². The molecule has 3 N–H and O–H groups in total. The van der Waals surface area contributed by atoms with Crippen molar-refractivity contribution in [3.63, 3.8) is 0 Å². The number of unbranched alkanes of at least 4 members (excludes halogenated alkanes) is 18. The Bertz CT molecular complexity index is 1060. The van der Waals surface area contributed by atoms with Gasteiger partial charge < -0.3 is 20.3 Å². The summed E-state index contributed by atoms with van der Waals surface area (Å²) in [5, 5.41) is 23.6. The van der Waals surface area contributed by atoms with Crippen LogP contribution >= 0.6 is 0 Å². The van der Waals surface area contributed by atoms with Crippen molar-refractivity contribution in [2.24, 2.45) is 0 Å². The molecule has 0 aromatic carbocycles. The highest BCUT2D eigenvalue weighted by molar-refractivity contribution is 5.78. The van der Waals surface area contributed by atoms with E-state index in [0.29, 0.717) is 19.3 Å². The zero-order valence-corrected chi connectivity index (χ0v) is 36.5. The normalized spacial score (nSPS) is 14.0. The summed E-state index contributed by atoms with van der Waals surface area (Å²) in [6, 6.07) is -0.744. The van der Waals surface area contributed by atoms with Crippen LogP contribution in [0.1, 0.15) is 207 Å². The number of hydrogen-bond donors (Lipinski definition) is 3. The minimum absolute atomic E-state index is 0.0515. The zero-order valence-electron chi connectivity index (χ0n) is 36.5. The Hall–Kier alpha value is -2.70. The maximum Gasteiger partial charge on any atom is 0.306 e. The number of allylic oxidation sites excluding steroid dienone is 11. The summed E-state index contributed by atoms with van der Waals surface area (Å²) in [4.78, 5) is 25.9. The number of aliphatic hydroxyl groups excluding tert-OH is 2. The van der Waals surface area contributed by atoms with Gasteiger partial charge >= 0.3 is 5.97 Å². The molecule has 0 radical (unpaired) electrons. The van der Waals surface area contributed by atoms with Crippen molar-refractivity contribution in [3.8, 4) is 0 Å². The lowest BCUT2D eigenvalue weighted by atomic mass is 10.0. The van der Waals surface area contributed by atoms with E-state index in [-0.39, 0.29) is 24.9 Å². The first-order chi connectivity index (χ1) is 27.5. The molecule has 1 amide bonds. The number of nitrogens with one attached hydrogen (secondary N) is 1. The quantitative estimate of drug-likeness (QED) is 0.0327. The molecule has 6 heteroatoms. The molecule has 6 nitrogen and oxygen atoms in total. The molecule has 0 saturated heterocycles. The van der Waals surface area contributed by atoms with Gasteiger partial charge in [0.25, 0.3) is 0 Å². The van der Waals surface area contributed by atoms with E-state index in [1.807, 2.05) is 6.08 Å². The van der Waals surface area contributed by atoms with Crippen LogP contribution in [0.4, 0.5) is 0 Å². The lowest BCUT2D eigenvalue weighted by molar-refractivity contribution is -0.148. The van der Waals surface area contributed by atoms with Crippen molar-refractivity contribution in [2.45, 2.75) is 225 Å². The molecule has 0 aliphatic heterocycles. The van der Waals surface area contributed by atoms with E-state index in [1.54, 1.807) is 6.08 Å². The molecule has 0 aliphatic rings. The van der Waals surface area contributed by atoms with Crippen molar-refractivity contribution in [2.75, 3.05) is 6.61 Å². The van der Waals surface area contributed by atoms with Gasteiger partial charge in [-0.05, 0) is 70.3 Å². The van der Waals surface area contributed by atoms with Gasteiger partial charge in [0.1, 0.15) is 6.10 Å². The van der Waals surface area contributed by atoms with Gasteiger partial charge in [0.15, 0.2) is 0 Å². The monoisotopic (exact) mass is 782 g/mol. The van der Waals surface area contributed by atoms with E-state index in [0.717, 1.165) is 77.0 Å². The van der Waals surface area contributed by atoms with Crippen molar-refractivity contribution < 1.29 is 24.5 Å². The largest absolute Gasteiger partial charge is 0.458 e. The van der Waals surface area contributed by atoms with Crippen LogP contribution in [0.5, 0.6) is 0 Å². The van der Waals surface area contributed by atoms with Crippen molar-refractivity contribution in [1.29, 1.82) is 0 Å². The fraction of sp³-hybridized carbons (Fsp3) is 0.720. The smallest absolute Gasteiger partial charge is 0.306 e. The van der Waals surface area contributed by atoms with Gasteiger partial charge in [-0.15, -0.1) is 0 Å². The van der Waals surface area contributed by atoms with Crippen molar-refractivity contribution in [3.05, 3.63) is 72.9 Å². The highest BCUT2D eigenvalue weighted by atomic mass is 16.5. The molecule has 0 rings (SSSR count). The second-order valence-corrected chi connectivity index (χ2v) is 15.4. The molecule has 0 heterocycles. The van der Waals surface area contributed by atoms with Crippen LogP contribution in [-0.2, 0) is 14.3 Å². The van der Waals surface area contributed by atoms with Crippen LogP contribution in [0.2, 0.25) is 0 Å². The Balaban J connectivity index is 4.79. The van der Waals surface area contributed by atoms with Crippen molar-refractivity contribution >= 4 is 11.9 Å². The van der Waals surface area contributed by atoms with E-state index in [9.17, 15) is 19.8 Å². The molecule has 0 aliphatic carbocycles. The second kappa shape index (κ2) is 43.4. The molecule has 56 heavy (non-hydrogen) atoms. The number of amides is 1. The molecular weight excluding hydrogens is 695 g/mol. The van der Waals surface area contributed by atoms with Gasteiger partial charge in [0, 0.05) is 6.42 Å². The molecule has 0 saturated carbocycles. The predicted molar refractivity (Wildman–Crippen MR) is 241 cm³/mol. The third-order valence-electron chi connectivity index (χ3n) is 10.0. The second-order valence-electron chi connectivity index (χ2n) is 15.4. The lowest BCUT2D eigenvalue weighted by Crippen LogP contribution is -2.46. The average Bonchev–Trinajstić information content (AvgIpc) is 3.19. The van der Waals surface area contributed by atoms with Crippen LogP contribution < -0.4 is 5.32 Å². The number of ether oxygens (including phenoxy) is 1. The summed E-state index contributed by atoms with van der Waals surface area (Å²) in [6.45, 7) is 6.27. The molecule has 0 fully saturated rings. The molecule has 0 aromatic heterocycles. The van der Waals surface area contributed by atoms with E-state index < -0.39 is 18.2 Å². The minimum atomic E-state index is -0.821. The summed E-state index contributed by atoms with van der Waals surface area (Å²) >= 11 is 0. The molecule has 3 unspecified atom stereocenters. The van der Waals surface area contributed by atoms with Crippen LogP contribution in [0.15, 0.2) is 72.9 Å². The molecule has 0 spiro atoms. The maximum absolute atomic E-state index is 13.1. The fourth-order valence-electron chi connectivity index (χ4n) is 6.49. The summed E-state index contributed by atoms with van der Waals surface area (Å²) < 4.78 is 5.78. The maximum atomic E-state index is 13.1. The summed E-state index contributed by atoms with van der Waals surface area (Å²) in [5.74, 6) is -0.645. The van der Waals surface area contributed by atoms with Crippen LogP contribution in [0, 0.1) is 0 Å². The topological polar surface area (TPSA) is 95.9 Å². The fourth-order valence-corrected chi connectivity index (χ4v) is 6.49. The number of carbonyl (C=O) groups is 2. The summed E-state index contributed by atoms with van der Waals surface area (Å²) in [5.41, 5.74) is 0. The number of rotatable bonds is 40. The van der Waals surface area contributed by atoms with Gasteiger partial charge in [0.2, 0.25) is 5.91 Å². The highest BCUT2D eigenvalue weighted by Gasteiger charge is 2.23. The first-order valence-electron chi connectivity index (χ1n) is 23.2. The number of aliphatic hydroxyl groups is 2. The molecule has 0 bridgehead atoms. The van der Waals surface area contributed by atoms with Gasteiger partial charge in [-0.25, -0.2) is 0 Å². The minimum Gasteiger partial charge on any atom is -0.458 e. The van der Waals surface area contributed by atoms with Gasteiger partial charge in [-0.3, -0.25) is 9.59 Å². The van der Waals surface area contributed by atoms with E-state index in [2.05, 4.69) is 86.8 Å². The first kappa shape index (κ1) is 53.3. The van der Waals surface area contributed by atoms with E-state index in [4.69, 9.17) is 4.74 Å². The van der Waals surface area contributed by atoms with Crippen molar-refractivity contribution in [1.82, 2.24) is 5.32 Å². The Kier molecular flexibility index (Phi) is 41.3. The number of carbonyl (C=O) groups excluding carboxylic acids is 2. The highest BCUT2D eigenvalue weighted by Crippen LogP contribution is 2.15. The van der Waals surface area contributed by atoms with Crippen LogP contribution in [0.3, 0.4) is 0 Å². The molecule has 0 aromatic rings. The van der Waals surface area contributed by atoms with Crippen LogP contribution in [-0.4, -0.2) is 46.9 Å². The standard InChI is InChI=1S/C50H87NO5/c1-4-7-10-13-16-19-22-24-25-27-29-32-35-38-41-46(56-50(55)43-40-37-34-31-26-21-18-15-12-9-6-3)44-49(54)51-47(45-52)48(53)42-39-36-33-30-28-23-20-17-14-11-8-5-2/h7,10,15-16,18-19,24-25,29,32,38,41,46-48,52-53H,4-6,8-9,11-14,17,20-23,26-28,30-31,33-37,39-40,42-45H2,1-3H3,(H,51,54)/b10-7+,18-15-,19-16+,25-24+,32-29+,41-38+. The summed E-state index contributed by atoms with van der Waals surface area (Å²) in [6.07, 6.45) is 54.2. The van der Waals surface area contributed by atoms with E-state index in [1.165, 1.54) is 83.5 Å². The van der Waals surface area contributed by atoms with Gasteiger partial charge in [0.05, 0.1) is 25.2 Å². The summed E-state index contributed by atoms with van der Waals surface area (Å²) in [7, 11) is 0. The Morgan fingerprint density at radius 3 is 1.55 bits per heavy atom. The Morgan fingerprint density at radius 2 is 1.02 bits per heavy atom. The number of hydrogen-bond acceptors (Lipinski definition) is 5. The predicted octanol–water partition coefficient (Wildman–Crippen LogP) is 13.4.